The standard InChI is InChI=1S/C10H12.C3H6N2.ClH/c1-2-6-10-8-4-3-7-9(10)5-1;1-2-5-3-4-1;/h1-2,5-6H,3-4,7-8H2;3H,1-2H2,(H,4,5);1H. The van der Waals surface area contributed by atoms with Crippen LogP contribution < -0.4 is 5.32 Å². The molecule has 0 amide bonds. The van der Waals surface area contributed by atoms with E-state index in [1.165, 1.54) is 25.7 Å². The minimum atomic E-state index is 0. The van der Waals surface area contributed by atoms with Gasteiger partial charge in [0.1, 0.15) is 0 Å². The molecule has 0 atom stereocenters. The lowest BCUT2D eigenvalue weighted by molar-refractivity contribution is 0.685. The highest BCUT2D eigenvalue weighted by atomic mass is 35.5. The summed E-state index contributed by atoms with van der Waals surface area (Å²) in [5.74, 6) is 0. The Labute approximate surface area is 104 Å². The highest BCUT2D eigenvalue weighted by Gasteiger charge is 2.05. The van der Waals surface area contributed by atoms with Crippen LogP contribution in [-0.4, -0.2) is 19.4 Å². The minimum Gasteiger partial charge on any atom is -0.375 e. The average Bonchev–Trinajstić information content (AvgIpc) is 2.88. The third kappa shape index (κ3) is 3.86. The minimum absolute atomic E-state index is 0. The molecular weight excluding hydrogens is 220 g/mol. The maximum atomic E-state index is 3.85. The number of benzene rings is 1. The monoisotopic (exact) mass is 238 g/mol. The normalized spacial score (nSPS) is 16.2. The predicted octanol–water partition coefficient (Wildman–Crippen LogP) is 2.61. The van der Waals surface area contributed by atoms with E-state index in [1.54, 1.807) is 17.5 Å². The van der Waals surface area contributed by atoms with Gasteiger partial charge in [0.25, 0.3) is 0 Å². The summed E-state index contributed by atoms with van der Waals surface area (Å²) in [6.45, 7) is 1.99. The molecule has 0 spiro atoms. The summed E-state index contributed by atoms with van der Waals surface area (Å²) in [4.78, 5) is 3.85. The molecule has 0 saturated heterocycles. The van der Waals surface area contributed by atoms with E-state index < -0.39 is 0 Å². The highest BCUT2D eigenvalue weighted by molar-refractivity contribution is 5.85. The molecule has 88 valence electrons. The van der Waals surface area contributed by atoms with Crippen molar-refractivity contribution in [2.75, 3.05) is 13.1 Å². The number of halogens is 1. The second kappa shape index (κ2) is 7.29. The third-order valence-corrected chi connectivity index (χ3v) is 2.83. The van der Waals surface area contributed by atoms with Crippen molar-refractivity contribution in [1.29, 1.82) is 0 Å². The molecule has 1 aliphatic heterocycles. The molecule has 0 aromatic heterocycles. The quantitative estimate of drug-likeness (QED) is 0.738. The number of fused-ring (bicyclic) bond motifs is 1. The summed E-state index contributed by atoms with van der Waals surface area (Å²) >= 11 is 0. The Hall–Kier alpha value is -1.02. The SMILES string of the molecule is C1=NCCN1.Cl.c1ccc2c(c1)CCCC2. The Morgan fingerprint density at radius 1 is 1.00 bits per heavy atom. The smallest absolute Gasteiger partial charge is 0.0825 e. The van der Waals surface area contributed by atoms with E-state index >= 15 is 0 Å². The summed E-state index contributed by atoms with van der Waals surface area (Å²) in [5, 5.41) is 2.93. The lowest BCUT2D eigenvalue weighted by Gasteiger charge is -2.13. The van der Waals surface area contributed by atoms with Gasteiger partial charge in [-0.05, 0) is 36.8 Å². The summed E-state index contributed by atoms with van der Waals surface area (Å²) < 4.78 is 0. The molecule has 1 N–H and O–H groups in total. The van der Waals surface area contributed by atoms with E-state index in [4.69, 9.17) is 0 Å². The Kier molecular flexibility index (Phi) is 5.94. The van der Waals surface area contributed by atoms with Crippen LogP contribution in [0.25, 0.3) is 0 Å². The highest BCUT2D eigenvalue weighted by Crippen LogP contribution is 2.19. The molecule has 3 heteroatoms. The first-order chi connectivity index (χ1) is 7.47. The fourth-order valence-electron chi connectivity index (χ4n) is 2.00. The van der Waals surface area contributed by atoms with Gasteiger partial charge < -0.3 is 5.32 Å². The van der Waals surface area contributed by atoms with Crippen LogP contribution in [0.4, 0.5) is 0 Å². The Balaban J connectivity index is 0.000000183. The second-order valence-electron chi connectivity index (χ2n) is 3.97. The molecule has 0 radical (unpaired) electrons. The van der Waals surface area contributed by atoms with Gasteiger partial charge in [0.05, 0.1) is 12.9 Å². The van der Waals surface area contributed by atoms with Crippen molar-refractivity contribution in [3.05, 3.63) is 35.4 Å². The molecular formula is C13H19ClN2. The van der Waals surface area contributed by atoms with Gasteiger partial charge in [-0.25, -0.2) is 0 Å². The van der Waals surface area contributed by atoms with Crippen molar-refractivity contribution in [2.24, 2.45) is 4.99 Å². The molecule has 0 unspecified atom stereocenters. The molecule has 1 heterocycles. The first kappa shape index (κ1) is 13.0. The van der Waals surface area contributed by atoms with E-state index in [1.807, 2.05) is 0 Å². The molecule has 1 aliphatic carbocycles. The van der Waals surface area contributed by atoms with Crippen LogP contribution in [0.1, 0.15) is 24.0 Å². The van der Waals surface area contributed by atoms with Crippen molar-refractivity contribution in [1.82, 2.24) is 5.32 Å². The number of hydrogen-bond acceptors (Lipinski definition) is 2. The van der Waals surface area contributed by atoms with Gasteiger partial charge in [-0.15, -0.1) is 12.4 Å². The molecule has 1 aromatic rings. The van der Waals surface area contributed by atoms with Crippen LogP contribution in [0.15, 0.2) is 29.3 Å². The number of hydrogen-bond donors (Lipinski definition) is 1. The molecule has 0 fully saturated rings. The van der Waals surface area contributed by atoms with Gasteiger partial charge in [-0.3, -0.25) is 4.99 Å². The second-order valence-corrected chi connectivity index (χ2v) is 3.97. The van der Waals surface area contributed by atoms with Gasteiger partial charge >= 0.3 is 0 Å². The molecule has 3 rings (SSSR count). The van der Waals surface area contributed by atoms with Crippen LogP contribution in [0.5, 0.6) is 0 Å². The molecule has 2 aliphatic rings. The first-order valence-electron chi connectivity index (χ1n) is 5.75. The number of nitrogens with zero attached hydrogens (tertiary/aromatic N) is 1. The zero-order chi connectivity index (χ0) is 10.3. The largest absolute Gasteiger partial charge is 0.375 e. The Morgan fingerprint density at radius 2 is 1.62 bits per heavy atom. The topological polar surface area (TPSA) is 24.4 Å². The molecule has 0 saturated carbocycles. The maximum Gasteiger partial charge on any atom is 0.0825 e. The zero-order valence-electron chi connectivity index (χ0n) is 9.48. The van der Waals surface area contributed by atoms with Gasteiger partial charge in [0.15, 0.2) is 0 Å². The average molecular weight is 239 g/mol. The molecule has 1 aromatic carbocycles. The summed E-state index contributed by atoms with van der Waals surface area (Å²) in [5.41, 5.74) is 3.16. The predicted molar refractivity (Wildman–Crippen MR) is 71.7 cm³/mol. The fourth-order valence-corrected chi connectivity index (χ4v) is 2.00. The van der Waals surface area contributed by atoms with Gasteiger partial charge in [0.2, 0.25) is 0 Å². The molecule has 2 nitrogen and oxygen atoms in total. The van der Waals surface area contributed by atoms with Crippen molar-refractivity contribution in [3.8, 4) is 0 Å². The van der Waals surface area contributed by atoms with Gasteiger partial charge in [0, 0.05) is 6.54 Å². The van der Waals surface area contributed by atoms with E-state index in [0.29, 0.717) is 0 Å². The number of aliphatic imine (C=N–C) groups is 1. The van der Waals surface area contributed by atoms with Gasteiger partial charge in [-0.2, -0.15) is 0 Å². The summed E-state index contributed by atoms with van der Waals surface area (Å²) in [6.07, 6.45) is 7.11. The van der Waals surface area contributed by atoms with E-state index in [9.17, 15) is 0 Å². The lowest BCUT2D eigenvalue weighted by Crippen LogP contribution is -2.04. The van der Waals surface area contributed by atoms with E-state index in [2.05, 4.69) is 34.6 Å². The van der Waals surface area contributed by atoms with Crippen molar-refractivity contribution >= 4 is 18.7 Å². The van der Waals surface area contributed by atoms with Crippen molar-refractivity contribution in [2.45, 2.75) is 25.7 Å². The molecule has 0 bridgehead atoms. The van der Waals surface area contributed by atoms with Crippen LogP contribution in [-0.2, 0) is 12.8 Å². The summed E-state index contributed by atoms with van der Waals surface area (Å²) in [7, 11) is 0. The van der Waals surface area contributed by atoms with Crippen molar-refractivity contribution < 1.29 is 0 Å². The van der Waals surface area contributed by atoms with Crippen LogP contribution in [0.3, 0.4) is 0 Å². The fraction of sp³-hybridized carbons (Fsp3) is 0.462. The number of nitrogens with one attached hydrogen (secondary N) is 1. The summed E-state index contributed by atoms with van der Waals surface area (Å²) in [6, 6.07) is 8.80. The van der Waals surface area contributed by atoms with Crippen LogP contribution in [0.2, 0.25) is 0 Å². The first-order valence-corrected chi connectivity index (χ1v) is 5.75. The van der Waals surface area contributed by atoms with Crippen LogP contribution >= 0.6 is 12.4 Å². The lowest BCUT2D eigenvalue weighted by atomic mass is 9.92. The van der Waals surface area contributed by atoms with E-state index in [-0.39, 0.29) is 12.4 Å². The zero-order valence-corrected chi connectivity index (χ0v) is 10.3. The van der Waals surface area contributed by atoms with Crippen LogP contribution in [0, 0.1) is 0 Å². The Bertz CT molecular complexity index is 305. The Morgan fingerprint density at radius 3 is 2.00 bits per heavy atom. The van der Waals surface area contributed by atoms with Crippen molar-refractivity contribution in [3.63, 3.8) is 0 Å². The third-order valence-electron chi connectivity index (χ3n) is 2.83. The number of rotatable bonds is 0. The number of aryl methyl sites for hydroxylation is 2. The molecule has 16 heavy (non-hydrogen) atoms. The maximum absolute atomic E-state index is 3.85. The van der Waals surface area contributed by atoms with Gasteiger partial charge in [-0.1, -0.05) is 24.3 Å². The van der Waals surface area contributed by atoms with E-state index in [0.717, 1.165) is 13.1 Å².